The first-order valence-corrected chi connectivity index (χ1v) is 4.66. The molecule has 0 aromatic rings. The number of nitrogens with two attached hydrogens (primary N) is 3. The van der Waals surface area contributed by atoms with E-state index in [0.29, 0.717) is 6.54 Å². The van der Waals surface area contributed by atoms with Crippen LogP contribution in [0.5, 0.6) is 0 Å². The molecular weight excluding hydrogens is 152 g/mol. The number of hydrogen-bond acceptors (Lipinski definition) is 4. The molecule has 0 aromatic heterocycles. The maximum Gasteiger partial charge on any atom is 0.0677 e. The van der Waals surface area contributed by atoms with Gasteiger partial charge in [-0.1, -0.05) is 0 Å². The SMILES string of the molecule is NCCNC1(N)CCCC(N)C1. The van der Waals surface area contributed by atoms with Gasteiger partial charge >= 0.3 is 0 Å². The lowest BCUT2D eigenvalue weighted by molar-refractivity contribution is 0.221. The summed E-state index contributed by atoms with van der Waals surface area (Å²) in [6.07, 6.45) is 4.10. The molecule has 0 amide bonds. The van der Waals surface area contributed by atoms with Crippen LogP contribution in [0.25, 0.3) is 0 Å². The number of hydrogen-bond donors (Lipinski definition) is 4. The second-order valence-corrected chi connectivity index (χ2v) is 3.73. The van der Waals surface area contributed by atoms with E-state index in [1.165, 1.54) is 0 Å². The first kappa shape index (κ1) is 9.92. The fourth-order valence-electron chi connectivity index (χ4n) is 1.83. The normalized spacial score (nSPS) is 36.8. The van der Waals surface area contributed by atoms with E-state index in [4.69, 9.17) is 17.2 Å². The third-order valence-corrected chi connectivity index (χ3v) is 2.45. The van der Waals surface area contributed by atoms with Gasteiger partial charge in [-0.05, 0) is 25.7 Å². The summed E-state index contributed by atoms with van der Waals surface area (Å²) < 4.78 is 0. The molecule has 72 valence electrons. The first-order valence-electron chi connectivity index (χ1n) is 4.66. The van der Waals surface area contributed by atoms with Gasteiger partial charge in [0.25, 0.3) is 0 Å². The third kappa shape index (κ3) is 2.71. The molecular formula is C8H20N4. The zero-order valence-electron chi connectivity index (χ0n) is 7.55. The van der Waals surface area contributed by atoms with Crippen molar-refractivity contribution < 1.29 is 0 Å². The fraction of sp³-hybridized carbons (Fsp3) is 1.00. The van der Waals surface area contributed by atoms with Gasteiger partial charge < -0.3 is 17.2 Å². The van der Waals surface area contributed by atoms with Crippen molar-refractivity contribution in [2.45, 2.75) is 37.4 Å². The Bertz CT molecular complexity index is 139. The molecule has 4 heteroatoms. The quantitative estimate of drug-likeness (QED) is 0.415. The smallest absolute Gasteiger partial charge is 0.0677 e. The molecule has 0 saturated heterocycles. The minimum absolute atomic E-state index is 0.253. The van der Waals surface area contributed by atoms with Gasteiger partial charge in [0.1, 0.15) is 0 Å². The first-order chi connectivity index (χ1) is 5.66. The molecule has 1 aliphatic rings. The Morgan fingerprint density at radius 3 is 2.83 bits per heavy atom. The van der Waals surface area contributed by atoms with Crippen LogP contribution >= 0.6 is 0 Å². The van der Waals surface area contributed by atoms with Crippen LogP contribution in [0.15, 0.2) is 0 Å². The van der Waals surface area contributed by atoms with E-state index in [-0.39, 0.29) is 11.7 Å². The van der Waals surface area contributed by atoms with Crippen molar-refractivity contribution in [3.63, 3.8) is 0 Å². The zero-order chi connectivity index (χ0) is 9.03. The minimum Gasteiger partial charge on any atom is -0.329 e. The van der Waals surface area contributed by atoms with Gasteiger partial charge in [-0.25, -0.2) is 0 Å². The second-order valence-electron chi connectivity index (χ2n) is 3.73. The van der Waals surface area contributed by atoms with Crippen LogP contribution in [-0.2, 0) is 0 Å². The molecule has 0 heterocycles. The van der Waals surface area contributed by atoms with E-state index in [1.807, 2.05) is 0 Å². The van der Waals surface area contributed by atoms with Crippen molar-refractivity contribution in [2.75, 3.05) is 13.1 Å². The standard InChI is InChI=1S/C8H20N4/c9-4-5-12-8(11)3-1-2-7(10)6-8/h7,12H,1-6,9-11H2. The molecule has 4 nitrogen and oxygen atoms in total. The van der Waals surface area contributed by atoms with Crippen molar-refractivity contribution in [1.82, 2.24) is 5.32 Å². The second kappa shape index (κ2) is 4.18. The Labute approximate surface area is 73.9 Å². The van der Waals surface area contributed by atoms with Crippen LogP contribution in [0.2, 0.25) is 0 Å². The predicted molar refractivity (Wildman–Crippen MR) is 50.4 cm³/mol. The molecule has 0 spiro atoms. The predicted octanol–water partition coefficient (Wildman–Crippen LogP) is -0.909. The van der Waals surface area contributed by atoms with Crippen molar-refractivity contribution in [2.24, 2.45) is 17.2 Å². The molecule has 0 aliphatic heterocycles. The summed E-state index contributed by atoms with van der Waals surface area (Å²) in [4.78, 5) is 0. The van der Waals surface area contributed by atoms with Crippen LogP contribution in [0.3, 0.4) is 0 Å². The van der Waals surface area contributed by atoms with Gasteiger partial charge in [-0.15, -0.1) is 0 Å². The zero-order valence-corrected chi connectivity index (χ0v) is 7.55. The van der Waals surface area contributed by atoms with E-state index in [2.05, 4.69) is 5.32 Å². The molecule has 0 bridgehead atoms. The Kier molecular flexibility index (Phi) is 3.46. The van der Waals surface area contributed by atoms with Gasteiger partial charge in [0.15, 0.2) is 0 Å². The fourth-order valence-corrected chi connectivity index (χ4v) is 1.83. The van der Waals surface area contributed by atoms with Crippen LogP contribution in [0.1, 0.15) is 25.7 Å². The van der Waals surface area contributed by atoms with Gasteiger partial charge in [-0.2, -0.15) is 0 Å². The van der Waals surface area contributed by atoms with Crippen molar-refractivity contribution >= 4 is 0 Å². The minimum atomic E-state index is -0.253. The molecule has 2 atom stereocenters. The summed E-state index contributed by atoms with van der Waals surface area (Å²) >= 11 is 0. The average molecular weight is 172 g/mol. The summed E-state index contributed by atoms with van der Waals surface area (Å²) in [5.41, 5.74) is 17.1. The third-order valence-electron chi connectivity index (χ3n) is 2.45. The molecule has 1 rings (SSSR count). The van der Waals surface area contributed by atoms with E-state index in [1.54, 1.807) is 0 Å². The highest BCUT2D eigenvalue weighted by Crippen LogP contribution is 2.22. The van der Waals surface area contributed by atoms with Gasteiger partial charge in [-0.3, -0.25) is 5.32 Å². The molecule has 0 radical (unpaired) electrons. The molecule has 2 unspecified atom stereocenters. The Hall–Kier alpha value is -0.160. The number of nitrogens with one attached hydrogen (secondary N) is 1. The van der Waals surface area contributed by atoms with E-state index >= 15 is 0 Å². The average Bonchev–Trinajstić information content (AvgIpc) is 2.01. The van der Waals surface area contributed by atoms with E-state index in [9.17, 15) is 0 Å². The lowest BCUT2D eigenvalue weighted by Gasteiger charge is -2.37. The van der Waals surface area contributed by atoms with Crippen LogP contribution in [-0.4, -0.2) is 24.8 Å². The molecule has 1 fully saturated rings. The van der Waals surface area contributed by atoms with Crippen LogP contribution < -0.4 is 22.5 Å². The highest BCUT2D eigenvalue weighted by atomic mass is 15.1. The topological polar surface area (TPSA) is 90.1 Å². The van der Waals surface area contributed by atoms with Gasteiger partial charge in [0.2, 0.25) is 0 Å². The summed E-state index contributed by atoms with van der Waals surface area (Å²) in [5, 5.41) is 3.25. The molecule has 7 N–H and O–H groups in total. The number of rotatable bonds is 3. The van der Waals surface area contributed by atoms with Crippen molar-refractivity contribution in [3.8, 4) is 0 Å². The van der Waals surface area contributed by atoms with Gasteiger partial charge in [0.05, 0.1) is 5.66 Å². The lowest BCUT2D eigenvalue weighted by Crippen LogP contribution is -2.59. The van der Waals surface area contributed by atoms with Crippen LogP contribution in [0.4, 0.5) is 0 Å². The highest BCUT2D eigenvalue weighted by molar-refractivity contribution is 4.89. The lowest BCUT2D eigenvalue weighted by atomic mass is 9.86. The van der Waals surface area contributed by atoms with Crippen LogP contribution in [0, 0.1) is 0 Å². The maximum absolute atomic E-state index is 6.09. The summed E-state index contributed by atoms with van der Waals surface area (Å²) in [6.45, 7) is 1.41. The molecule has 12 heavy (non-hydrogen) atoms. The highest BCUT2D eigenvalue weighted by Gasteiger charge is 2.30. The molecule has 1 aliphatic carbocycles. The summed E-state index contributed by atoms with van der Waals surface area (Å²) in [7, 11) is 0. The summed E-state index contributed by atoms with van der Waals surface area (Å²) in [5.74, 6) is 0. The van der Waals surface area contributed by atoms with Crippen molar-refractivity contribution in [1.29, 1.82) is 0 Å². The Balaban J connectivity index is 2.35. The Morgan fingerprint density at radius 1 is 1.50 bits per heavy atom. The molecule has 0 aromatic carbocycles. The maximum atomic E-state index is 6.09. The van der Waals surface area contributed by atoms with E-state index < -0.39 is 0 Å². The van der Waals surface area contributed by atoms with E-state index in [0.717, 1.165) is 32.2 Å². The summed E-state index contributed by atoms with van der Waals surface area (Å²) in [6, 6.07) is 0.258. The van der Waals surface area contributed by atoms with Gasteiger partial charge in [0, 0.05) is 19.1 Å². The monoisotopic (exact) mass is 172 g/mol. The van der Waals surface area contributed by atoms with Crippen molar-refractivity contribution in [3.05, 3.63) is 0 Å². The Morgan fingerprint density at radius 2 is 2.25 bits per heavy atom. The molecule has 1 saturated carbocycles. The largest absolute Gasteiger partial charge is 0.329 e.